The van der Waals surface area contributed by atoms with E-state index >= 15 is 0 Å². The standard InChI is InChI=1S/C19H23FN2O3S/c1-4-22(5-2)26(24,25)18-13-17(10-9-14(18)3)21-19(23)12-15-7-6-8-16(20)11-15/h6-11,13H,4-5,12H2,1-3H3,(H,21,23). The van der Waals surface area contributed by atoms with Gasteiger partial charge < -0.3 is 5.32 Å². The molecule has 0 heterocycles. The van der Waals surface area contributed by atoms with Crippen molar-refractivity contribution in [1.29, 1.82) is 0 Å². The quantitative estimate of drug-likeness (QED) is 0.803. The highest BCUT2D eigenvalue weighted by Gasteiger charge is 2.24. The molecule has 0 aliphatic rings. The Morgan fingerprint density at radius 1 is 1.12 bits per heavy atom. The number of rotatable bonds is 7. The summed E-state index contributed by atoms with van der Waals surface area (Å²) in [7, 11) is -3.62. The molecule has 0 radical (unpaired) electrons. The van der Waals surface area contributed by atoms with Crippen LogP contribution in [0.1, 0.15) is 25.0 Å². The van der Waals surface area contributed by atoms with Crippen molar-refractivity contribution >= 4 is 21.6 Å². The topological polar surface area (TPSA) is 66.5 Å². The van der Waals surface area contributed by atoms with Gasteiger partial charge >= 0.3 is 0 Å². The predicted molar refractivity (Wildman–Crippen MR) is 100 cm³/mol. The molecular formula is C19H23FN2O3S. The normalized spacial score (nSPS) is 11.6. The molecule has 0 aromatic heterocycles. The fraction of sp³-hybridized carbons (Fsp3) is 0.316. The summed E-state index contributed by atoms with van der Waals surface area (Å²) in [5, 5.41) is 2.68. The highest BCUT2D eigenvalue weighted by Crippen LogP contribution is 2.23. The second-order valence-electron chi connectivity index (χ2n) is 5.92. The van der Waals surface area contributed by atoms with E-state index in [1.807, 2.05) is 0 Å². The van der Waals surface area contributed by atoms with E-state index in [0.29, 0.717) is 29.9 Å². The van der Waals surface area contributed by atoms with Crippen LogP contribution >= 0.6 is 0 Å². The smallest absolute Gasteiger partial charge is 0.243 e. The minimum atomic E-state index is -3.62. The molecule has 0 saturated heterocycles. The zero-order chi connectivity index (χ0) is 19.3. The summed E-state index contributed by atoms with van der Waals surface area (Å²) in [6, 6.07) is 10.6. The number of hydrogen-bond donors (Lipinski definition) is 1. The van der Waals surface area contributed by atoms with Crippen LogP contribution in [0.4, 0.5) is 10.1 Å². The van der Waals surface area contributed by atoms with Crippen molar-refractivity contribution in [3.63, 3.8) is 0 Å². The second kappa shape index (κ2) is 8.42. The van der Waals surface area contributed by atoms with Gasteiger partial charge in [-0.15, -0.1) is 0 Å². The maximum Gasteiger partial charge on any atom is 0.243 e. The van der Waals surface area contributed by atoms with E-state index in [-0.39, 0.29) is 17.2 Å². The third-order valence-electron chi connectivity index (χ3n) is 4.05. The molecule has 0 atom stereocenters. The lowest BCUT2D eigenvalue weighted by molar-refractivity contribution is -0.115. The molecule has 2 aromatic rings. The largest absolute Gasteiger partial charge is 0.326 e. The van der Waals surface area contributed by atoms with Gasteiger partial charge in [0, 0.05) is 18.8 Å². The summed E-state index contributed by atoms with van der Waals surface area (Å²) in [5.74, 6) is -0.746. The third-order valence-corrected chi connectivity index (χ3v) is 6.24. The molecule has 0 spiro atoms. The molecule has 0 fully saturated rings. The maximum absolute atomic E-state index is 13.2. The first-order chi connectivity index (χ1) is 12.3. The minimum absolute atomic E-state index is 0.00373. The van der Waals surface area contributed by atoms with E-state index in [1.54, 1.807) is 45.0 Å². The Labute approximate surface area is 153 Å². The zero-order valence-corrected chi connectivity index (χ0v) is 15.9. The van der Waals surface area contributed by atoms with E-state index in [1.165, 1.54) is 22.5 Å². The molecule has 0 aliphatic heterocycles. The van der Waals surface area contributed by atoms with Crippen LogP contribution in [0.5, 0.6) is 0 Å². The Bertz CT molecular complexity index is 893. The van der Waals surface area contributed by atoms with E-state index < -0.39 is 15.8 Å². The number of anilines is 1. The van der Waals surface area contributed by atoms with Crippen molar-refractivity contribution < 1.29 is 17.6 Å². The van der Waals surface area contributed by atoms with Crippen LogP contribution in [-0.2, 0) is 21.2 Å². The molecule has 2 aromatic carbocycles. The number of carbonyl (C=O) groups excluding carboxylic acids is 1. The fourth-order valence-electron chi connectivity index (χ4n) is 2.70. The van der Waals surface area contributed by atoms with Gasteiger partial charge in [0.15, 0.2) is 0 Å². The van der Waals surface area contributed by atoms with Gasteiger partial charge in [0.2, 0.25) is 15.9 Å². The lowest BCUT2D eigenvalue weighted by atomic mass is 10.1. The molecule has 1 N–H and O–H groups in total. The second-order valence-corrected chi connectivity index (χ2v) is 7.83. The van der Waals surface area contributed by atoms with Gasteiger partial charge in [-0.3, -0.25) is 4.79 Å². The number of sulfonamides is 1. The number of carbonyl (C=O) groups is 1. The Kier molecular flexibility index (Phi) is 6.50. The van der Waals surface area contributed by atoms with E-state index in [2.05, 4.69) is 5.32 Å². The number of benzene rings is 2. The molecular weight excluding hydrogens is 355 g/mol. The monoisotopic (exact) mass is 378 g/mol. The Hall–Kier alpha value is -2.25. The number of amides is 1. The van der Waals surface area contributed by atoms with Crippen LogP contribution in [-0.4, -0.2) is 31.7 Å². The predicted octanol–water partition coefficient (Wildman–Crippen LogP) is 3.35. The fourth-order valence-corrected chi connectivity index (χ4v) is 4.40. The van der Waals surface area contributed by atoms with Crippen molar-refractivity contribution in [3.05, 3.63) is 59.4 Å². The first-order valence-corrected chi connectivity index (χ1v) is 9.87. The van der Waals surface area contributed by atoms with Crippen LogP contribution in [0.15, 0.2) is 47.4 Å². The van der Waals surface area contributed by atoms with Crippen molar-refractivity contribution in [3.8, 4) is 0 Å². The minimum Gasteiger partial charge on any atom is -0.326 e. The molecule has 26 heavy (non-hydrogen) atoms. The van der Waals surface area contributed by atoms with Crippen molar-refractivity contribution in [2.45, 2.75) is 32.1 Å². The highest BCUT2D eigenvalue weighted by molar-refractivity contribution is 7.89. The first kappa shape index (κ1) is 20.1. The van der Waals surface area contributed by atoms with Gasteiger partial charge in [-0.25, -0.2) is 12.8 Å². The Morgan fingerprint density at radius 3 is 2.42 bits per heavy atom. The molecule has 2 rings (SSSR count). The SMILES string of the molecule is CCN(CC)S(=O)(=O)c1cc(NC(=O)Cc2cccc(F)c2)ccc1C. The summed E-state index contributed by atoms with van der Waals surface area (Å²) >= 11 is 0. The zero-order valence-electron chi connectivity index (χ0n) is 15.1. The number of hydrogen-bond acceptors (Lipinski definition) is 3. The molecule has 5 nitrogen and oxygen atoms in total. The highest BCUT2D eigenvalue weighted by atomic mass is 32.2. The van der Waals surface area contributed by atoms with Crippen molar-refractivity contribution in [1.82, 2.24) is 4.31 Å². The number of aryl methyl sites for hydroxylation is 1. The number of nitrogens with zero attached hydrogens (tertiary/aromatic N) is 1. The molecule has 0 saturated carbocycles. The average Bonchev–Trinajstić information content (AvgIpc) is 2.57. The maximum atomic E-state index is 13.2. The van der Waals surface area contributed by atoms with E-state index in [9.17, 15) is 17.6 Å². The summed E-state index contributed by atoms with van der Waals surface area (Å²) in [6.45, 7) is 6.01. The van der Waals surface area contributed by atoms with Crippen LogP contribution < -0.4 is 5.32 Å². The number of halogens is 1. The van der Waals surface area contributed by atoms with E-state index in [4.69, 9.17) is 0 Å². The van der Waals surface area contributed by atoms with Gasteiger partial charge in [0.05, 0.1) is 11.3 Å². The lowest BCUT2D eigenvalue weighted by Crippen LogP contribution is -2.31. The van der Waals surface area contributed by atoms with Gasteiger partial charge in [-0.2, -0.15) is 4.31 Å². The third kappa shape index (κ3) is 4.68. The van der Waals surface area contributed by atoms with Gasteiger partial charge in [-0.05, 0) is 42.3 Å². The summed E-state index contributed by atoms with van der Waals surface area (Å²) in [5.41, 5.74) is 1.55. The molecule has 0 bridgehead atoms. The van der Waals surface area contributed by atoms with Crippen molar-refractivity contribution in [2.24, 2.45) is 0 Å². The Balaban J connectivity index is 2.22. The van der Waals surface area contributed by atoms with Crippen molar-refractivity contribution in [2.75, 3.05) is 18.4 Å². The average molecular weight is 378 g/mol. The molecule has 0 unspecified atom stereocenters. The van der Waals surface area contributed by atoms with Crippen LogP contribution in [0.3, 0.4) is 0 Å². The molecule has 7 heteroatoms. The molecule has 1 amide bonds. The lowest BCUT2D eigenvalue weighted by Gasteiger charge is -2.20. The number of nitrogens with one attached hydrogen (secondary N) is 1. The van der Waals surface area contributed by atoms with Gasteiger partial charge in [0.25, 0.3) is 0 Å². The van der Waals surface area contributed by atoms with E-state index in [0.717, 1.165) is 0 Å². The van der Waals surface area contributed by atoms with Gasteiger partial charge in [-0.1, -0.05) is 32.0 Å². The summed E-state index contributed by atoms with van der Waals surface area (Å²) in [6.07, 6.45) is 0.00373. The van der Waals surface area contributed by atoms with Crippen LogP contribution in [0.2, 0.25) is 0 Å². The summed E-state index contributed by atoms with van der Waals surface area (Å²) in [4.78, 5) is 12.4. The molecule has 0 aliphatic carbocycles. The summed E-state index contributed by atoms with van der Waals surface area (Å²) < 4.78 is 40.1. The van der Waals surface area contributed by atoms with Crippen LogP contribution in [0.25, 0.3) is 0 Å². The van der Waals surface area contributed by atoms with Gasteiger partial charge in [0.1, 0.15) is 5.82 Å². The van der Waals surface area contributed by atoms with Crippen LogP contribution in [0, 0.1) is 12.7 Å². The molecule has 140 valence electrons. The Morgan fingerprint density at radius 2 is 1.81 bits per heavy atom. The first-order valence-electron chi connectivity index (χ1n) is 8.43.